The van der Waals surface area contributed by atoms with E-state index in [2.05, 4.69) is 38.6 Å². The molecule has 0 atom stereocenters. The van der Waals surface area contributed by atoms with E-state index in [1.54, 1.807) is 18.2 Å². The Balaban J connectivity index is 1.47. The lowest BCUT2D eigenvalue weighted by atomic mass is 10.1. The number of hydrogen-bond donors (Lipinski definition) is 2. The van der Waals surface area contributed by atoms with Gasteiger partial charge in [0.1, 0.15) is 36.0 Å². The minimum atomic E-state index is -4.54. The Morgan fingerprint density at radius 1 is 0.830 bits per heavy atom. The smallest absolute Gasteiger partial charge is 0.299 e. The van der Waals surface area contributed by atoms with Crippen molar-refractivity contribution in [2.24, 2.45) is 10.2 Å². The average molecular weight is 788 g/mol. The van der Waals surface area contributed by atoms with Gasteiger partial charge in [0.2, 0.25) is 0 Å². The quantitative estimate of drug-likeness (QED) is 0.0630. The summed E-state index contributed by atoms with van der Waals surface area (Å²) in [6, 6.07) is 15.5. The molecule has 278 valence electrons. The van der Waals surface area contributed by atoms with Crippen LogP contribution in [0.1, 0.15) is 34.0 Å². The number of carbonyl (C=O) groups is 1. The van der Waals surface area contributed by atoms with E-state index in [1.165, 1.54) is 54.9 Å². The largest absolute Gasteiger partial charge is 0.461 e. The van der Waals surface area contributed by atoms with Crippen molar-refractivity contribution in [3.63, 3.8) is 0 Å². The molecule has 0 radical (unpaired) electrons. The van der Waals surface area contributed by atoms with E-state index < -0.39 is 48.3 Å². The number of nitrogens with zero attached hydrogens (tertiary/aromatic N) is 6. The highest BCUT2D eigenvalue weighted by Gasteiger charge is 2.19. The number of nitrogens with one attached hydrogen (secondary N) is 1. The molecule has 0 unspecified atom stereocenters. The van der Waals surface area contributed by atoms with Crippen molar-refractivity contribution in [3.8, 4) is 5.69 Å². The summed E-state index contributed by atoms with van der Waals surface area (Å²) in [7, 11) is -10.4. The third-order valence-electron chi connectivity index (χ3n) is 7.38. The second-order valence-corrected chi connectivity index (χ2v) is 15.8. The summed E-state index contributed by atoms with van der Waals surface area (Å²) in [5.74, 6) is -0.217. The molecule has 5 rings (SSSR count). The Morgan fingerprint density at radius 2 is 1.47 bits per heavy atom. The molecule has 0 saturated heterocycles. The highest BCUT2D eigenvalue weighted by molar-refractivity contribution is 7.87. The van der Waals surface area contributed by atoms with E-state index in [4.69, 9.17) is 4.74 Å². The van der Waals surface area contributed by atoms with Crippen LogP contribution in [0.5, 0.6) is 0 Å². The van der Waals surface area contributed by atoms with Crippen LogP contribution < -0.4 is 5.56 Å². The van der Waals surface area contributed by atoms with Crippen LogP contribution in [-0.2, 0) is 73.5 Å². The Labute approximate surface area is 302 Å². The van der Waals surface area contributed by atoms with Gasteiger partial charge in [0.15, 0.2) is 5.69 Å². The van der Waals surface area contributed by atoms with Gasteiger partial charge in [-0.25, -0.2) is 19.6 Å². The predicted octanol–water partition coefficient (Wildman–Crippen LogP) is 2.68. The van der Waals surface area contributed by atoms with Gasteiger partial charge in [0, 0.05) is 12.8 Å². The van der Waals surface area contributed by atoms with Crippen LogP contribution in [0.2, 0.25) is 0 Å². The zero-order valence-corrected chi connectivity index (χ0v) is 30.1. The van der Waals surface area contributed by atoms with Crippen LogP contribution in [0.15, 0.2) is 97.9 Å². The fourth-order valence-electron chi connectivity index (χ4n) is 4.88. The van der Waals surface area contributed by atoms with Crippen molar-refractivity contribution in [2.75, 3.05) is 14.2 Å². The molecule has 53 heavy (non-hydrogen) atoms. The number of benzene rings is 3. The molecule has 22 heteroatoms. The SMILES string of the molecule is COS(=O)(=O)c1ccc(-n2[nH]c(COC=O)c(N=Nc3cc(Cc4ncnc(Cc5cccc(S(=O)(=O)OC)c5)n4)ccc3CS(=O)(=O)O)c2=O)cc1. The van der Waals surface area contributed by atoms with E-state index in [0.717, 1.165) is 18.9 Å². The topological polar surface area (TPSA) is 269 Å². The summed E-state index contributed by atoms with van der Waals surface area (Å²) in [5, 5.41) is 10.9. The third kappa shape index (κ3) is 9.68. The van der Waals surface area contributed by atoms with E-state index in [9.17, 15) is 39.4 Å². The molecule has 0 bridgehead atoms. The molecule has 19 nitrogen and oxygen atoms in total. The summed E-state index contributed by atoms with van der Waals surface area (Å²) in [6.07, 6.45) is 1.53. The molecule has 5 aromatic rings. The summed E-state index contributed by atoms with van der Waals surface area (Å²) >= 11 is 0. The Morgan fingerprint density at radius 3 is 2.09 bits per heavy atom. The zero-order valence-electron chi connectivity index (χ0n) is 27.7. The molecule has 0 saturated carbocycles. The Bertz CT molecular complexity index is 2570. The van der Waals surface area contributed by atoms with Gasteiger partial charge in [-0.2, -0.15) is 25.3 Å². The Hall–Kier alpha value is -5.52. The van der Waals surface area contributed by atoms with Gasteiger partial charge < -0.3 is 4.74 Å². The second kappa shape index (κ2) is 16.0. The van der Waals surface area contributed by atoms with Crippen molar-refractivity contribution < 1.29 is 47.7 Å². The first-order chi connectivity index (χ1) is 25.1. The number of rotatable bonds is 16. The fourth-order valence-corrected chi connectivity index (χ4v) is 6.91. The van der Waals surface area contributed by atoms with Crippen molar-refractivity contribution >= 4 is 48.2 Å². The van der Waals surface area contributed by atoms with Crippen LogP contribution in [0.25, 0.3) is 5.69 Å². The van der Waals surface area contributed by atoms with Crippen molar-refractivity contribution in [2.45, 2.75) is 35.0 Å². The zero-order chi connectivity index (χ0) is 38.4. The number of aromatic nitrogens is 5. The molecular weight excluding hydrogens is 759 g/mol. The van der Waals surface area contributed by atoms with Crippen molar-refractivity contribution in [3.05, 3.63) is 117 Å². The average Bonchev–Trinajstić information content (AvgIpc) is 3.44. The number of carbonyl (C=O) groups excluding carboxylic acids is 1. The van der Waals surface area contributed by atoms with Crippen LogP contribution in [-0.4, -0.2) is 75.2 Å². The van der Waals surface area contributed by atoms with Crippen LogP contribution in [0.3, 0.4) is 0 Å². The van der Waals surface area contributed by atoms with Gasteiger partial charge in [-0.05, 0) is 59.2 Å². The summed E-state index contributed by atoms with van der Waals surface area (Å²) in [6.45, 7) is -0.299. The molecule has 2 heterocycles. The number of aromatic amines is 1. The molecular formula is C31H29N7O12S3. The number of azo groups is 1. The normalized spacial score (nSPS) is 12.3. The fraction of sp³-hybridized carbons (Fsp3) is 0.194. The first kappa shape index (κ1) is 38.7. The first-order valence-electron chi connectivity index (χ1n) is 15.0. The van der Waals surface area contributed by atoms with Gasteiger partial charge in [0.05, 0.1) is 35.4 Å². The lowest BCUT2D eigenvalue weighted by Gasteiger charge is -2.08. The van der Waals surface area contributed by atoms with Gasteiger partial charge in [-0.3, -0.25) is 27.6 Å². The molecule has 0 aliphatic carbocycles. The number of hydrogen-bond acceptors (Lipinski definition) is 16. The summed E-state index contributed by atoms with van der Waals surface area (Å²) in [4.78, 5) is 37.1. The molecule has 2 N–H and O–H groups in total. The first-order valence-corrected chi connectivity index (χ1v) is 19.4. The molecule has 2 aromatic heterocycles. The maximum Gasteiger partial charge on any atom is 0.299 e. The standard InChI is InChI=1S/C31H29N7O12S3/c1-48-52(44,45)24-10-8-23(9-11-24)38-31(40)30(27(37-38)16-50-19-39)36-35-26-13-21(6-7-22(26)17-51(41,42)43)15-29-33-18-32-28(34-29)14-20-4-3-5-25(12-20)53(46,47)49-2/h3-13,18-19,37H,14-17H2,1-2H3,(H,41,42,43). The van der Waals surface area contributed by atoms with Crippen LogP contribution >= 0.6 is 0 Å². The van der Waals surface area contributed by atoms with E-state index in [-0.39, 0.29) is 57.4 Å². The molecule has 0 spiro atoms. The summed E-state index contributed by atoms with van der Waals surface area (Å²) in [5.41, 5.74) is 0.158. The van der Waals surface area contributed by atoms with Crippen molar-refractivity contribution in [1.82, 2.24) is 24.7 Å². The number of ether oxygens (including phenoxy) is 1. The molecule has 3 aromatic carbocycles. The Kier molecular flexibility index (Phi) is 11.7. The van der Waals surface area contributed by atoms with Gasteiger partial charge >= 0.3 is 0 Å². The molecule has 0 aliphatic heterocycles. The highest BCUT2D eigenvalue weighted by Crippen LogP contribution is 2.27. The third-order valence-corrected chi connectivity index (χ3v) is 10.6. The van der Waals surface area contributed by atoms with E-state index in [0.29, 0.717) is 22.8 Å². The monoisotopic (exact) mass is 787 g/mol. The number of H-pyrrole nitrogens is 1. The molecule has 0 fully saturated rings. The lowest BCUT2D eigenvalue weighted by Crippen LogP contribution is -2.14. The molecule has 0 amide bonds. The highest BCUT2D eigenvalue weighted by atomic mass is 32.2. The maximum absolute atomic E-state index is 13.5. The van der Waals surface area contributed by atoms with Crippen molar-refractivity contribution in [1.29, 1.82) is 0 Å². The van der Waals surface area contributed by atoms with Gasteiger partial charge in [-0.1, -0.05) is 24.3 Å². The van der Waals surface area contributed by atoms with Gasteiger partial charge in [0.25, 0.3) is 42.4 Å². The van der Waals surface area contributed by atoms with Crippen LogP contribution in [0, 0.1) is 0 Å². The van der Waals surface area contributed by atoms with Crippen LogP contribution in [0.4, 0.5) is 11.4 Å². The summed E-state index contributed by atoms with van der Waals surface area (Å²) < 4.78 is 96.4. The lowest BCUT2D eigenvalue weighted by molar-refractivity contribution is -0.129. The maximum atomic E-state index is 13.5. The molecule has 0 aliphatic rings. The second-order valence-electron chi connectivity index (χ2n) is 10.9. The van der Waals surface area contributed by atoms with Gasteiger partial charge in [-0.15, -0.1) is 10.2 Å². The van der Waals surface area contributed by atoms with E-state index in [1.807, 2.05) is 0 Å². The van der Waals surface area contributed by atoms with E-state index >= 15 is 0 Å². The minimum Gasteiger partial charge on any atom is -0.461 e. The minimum absolute atomic E-state index is 0.00463. The predicted molar refractivity (Wildman–Crippen MR) is 183 cm³/mol.